The van der Waals surface area contributed by atoms with Crippen LogP contribution in [-0.4, -0.2) is 29.2 Å². The van der Waals surface area contributed by atoms with E-state index in [2.05, 4.69) is 15.3 Å². The Labute approximate surface area is 140 Å². The number of methoxy groups -OCH3 is 1. The number of carbonyl (C=O) groups excluding carboxylic acids is 1. The Kier molecular flexibility index (Phi) is 5.66. The number of hydrogen-bond donors (Lipinski definition) is 1. The summed E-state index contributed by atoms with van der Waals surface area (Å²) in [6.07, 6.45) is -2.29. The summed E-state index contributed by atoms with van der Waals surface area (Å²) < 4.78 is 44.2. The molecule has 0 aliphatic rings. The topological polar surface area (TPSA) is 64.1 Å². The molecule has 9 heteroatoms. The van der Waals surface area contributed by atoms with Crippen LogP contribution in [0.1, 0.15) is 21.6 Å². The molecule has 0 bridgehead atoms. The molecular weight excluding hydrogens is 343 g/mol. The van der Waals surface area contributed by atoms with Gasteiger partial charge in [0.15, 0.2) is 10.9 Å². The summed E-state index contributed by atoms with van der Waals surface area (Å²) in [5.74, 6) is -0.240. The molecule has 24 heavy (non-hydrogen) atoms. The largest absolute Gasteiger partial charge is 0.497 e. The van der Waals surface area contributed by atoms with Gasteiger partial charge in [-0.15, -0.1) is 0 Å². The number of aromatic nitrogens is 2. The van der Waals surface area contributed by atoms with Gasteiger partial charge in [-0.05, 0) is 24.0 Å². The fourth-order valence-corrected chi connectivity index (χ4v) is 2.21. The van der Waals surface area contributed by atoms with Gasteiger partial charge >= 0.3 is 6.18 Å². The zero-order valence-corrected chi connectivity index (χ0v) is 13.7. The number of halogens is 3. The third-order valence-corrected chi connectivity index (χ3v) is 3.64. The smallest absolute Gasteiger partial charge is 0.434 e. The van der Waals surface area contributed by atoms with Gasteiger partial charge in [0.05, 0.1) is 12.7 Å². The van der Waals surface area contributed by atoms with Crippen molar-refractivity contribution in [2.45, 2.75) is 17.9 Å². The summed E-state index contributed by atoms with van der Waals surface area (Å²) >= 11 is 0.967. The van der Waals surface area contributed by atoms with E-state index in [0.29, 0.717) is 5.75 Å². The highest BCUT2D eigenvalue weighted by molar-refractivity contribution is 7.98. The molecule has 1 aromatic heterocycles. The third-order valence-electron chi connectivity index (χ3n) is 3.07. The van der Waals surface area contributed by atoms with Crippen molar-refractivity contribution in [3.05, 3.63) is 47.3 Å². The quantitative estimate of drug-likeness (QED) is 0.658. The molecule has 2 rings (SSSR count). The maximum absolute atomic E-state index is 13.1. The second-order valence-electron chi connectivity index (χ2n) is 4.65. The first kappa shape index (κ1) is 18.1. The van der Waals surface area contributed by atoms with Crippen LogP contribution in [0, 0.1) is 0 Å². The van der Waals surface area contributed by atoms with E-state index in [0.717, 1.165) is 23.5 Å². The standard InChI is InChI=1S/C15H14F3N3O2S/c1-23-10-5-3-9(4-6-10)7-19-13(22)11-8-20-14(24-2)21-12(11)15(16,17)18/h3-6,8H,7H2,1-2H3,(H,19,22). The number of ether oxygens (including phenoxy) is 1. The molecule has 128 valence electrons. The van der Waals surface area contributed by atoms with Crippen molar-refractivity contribution in [1.29, 1.82) is 0 Å². The van der Waals surface area contributed by atoms with E-state index in [1.165, 1.54) is 7.11 Å². The summed E-state index contributed by atoms with van der Waals surface area (Å²) in [5, 5.41) is 2.39. The van der Waals surface area contributed by atoms with E-state index in [9.17, 15) is 18.0 Å². The van der Waals surface area contributed by atoms with Crippen molar-refractivity contribution in [3.8, 4) is 5.75 Å². The first-order valence-corrected chi connectivity index (χ1v) is 7.97. The minimum absolute atomic E-state index is 0.0472. The van der Waals surface area contributed by atoms with Crippen LogP contribution in [0.15, 0.2) is 35.6 Å². The Hall–Kier alpha value is -2.29. The van der Waals surface area contributed by atoms with E-state index in [4.69, 9.17) is 4.74 Å². The molecule has 0 aliphatic carbocycles. The van der Waals surface area contributed by atoms with Gasteiger partial charge < -0.3 is 10.1 Å². The fraction of sp³-hybridized carbons (Fsp3) is 0.267. The lowest BCUT2D eigenvalue weighted by Crippen LogP contribution is -2.27. The minimum atomic E-state index is -4.74. The number of thioether (sulfide) groups is 1. The second-order valence-corrected chi connectivity index (χ2v) is 5.42. The molecule has 1 amide bonds. The van der Waals surface area contributed by atoms with Gasteiger partial charge in [0.1, 0.15) is 5.75 Å². The van der Waals surface area contributed by atoms with Gasteiger partial charge in [0.25, 0.3) is 5.91 Å². The van der Waals surface area contributed by atoms with E-state index in [1.54, 1.807) is 30.5 Å². The number of benzene rings is 1. The zero-order chi connectivity index (χ0) is 17.7. The summed E-state index contributed by atoms with van der Waals surface area (Å²) in [6.45, 7) is 0.0738. The third kappa shape index (κ3) is 4.38. The van der Waals surface area contributed by atoms with Crippen molar-refractivity contribution < 1.29 is 22.7 Å². The Morgan fingerprint density at radius 2 is 1.96 bits per heavy atom. The number of amides is 1. The predicted octanol–water partition coefficient (Wildman–Crippen LogP) is 3.16. The molecule has 0 atom stereocenters. The highest BCUT2D eigenvalue weighted by Crippen LogP contribution is 2.31. The molecule has 1 heterocycles. The van der Waals surface area contributed by atoms with Gasteiger partial charge in [-0.2, -0.15) is 13.2 Å². The van der Waals surface area contributed by atoms with Crippen LogP contribution < -0.4 is 10.1 Å². The molecule has 0 spiro atoms. The molecule has 0 fully saturated rings. The highest BCUT2D eigenvalue weighted by Gasteiger charge is 2.38. The lowest BCUT2D eigenvalue weighted by molar-refractivity contribution is -0.142. The number of rotatable bonds is 5. The van der Waals surface area contributed by atoms with Crippen molar-refractivity contribution in [2.75, 3.05) is 13.4 Å². The molecule has 0 aliphatic heterocycles. The maximum atomic E-state index is 13.1. The van der Waals surface area contributed by atoms with Gasteiger partial charge in [-0.25, -0.2) is 9.97 Å². The lowest BCUT2D eigenvalue weighted by atomic mass is 10.2. The average molecular weight is 357 g/mol. The number of nitrogens with one attached hydrogen (secondary N) is 1. The first-order chi connectivity index (χ1) is 11.3. The van der Waals surface area contributed by atoms with Crippen LogP contribution in [0.25, 0.3) is 0 Å². The first-order valence-electron chi connectivity index (χ1n) is 6.74. The van der Waals surface area contributed by atoms with Crippen LogP contribution in [0.5, 0.6) is 5.75 Å². The lowest BCUT2D eigenvalue weighted by Gasteiger charge is -2.12. The molecule has 0 saturated heterocycles. The number of nitrogens with zero attached hydrogens (tertiary/aromatic N) is 2. The number of carbonyl (C=O) groups is 1. The predicted molar refractivity (Wildman–Crippen MR) is 83.0 cm³/mol. The fourth-order valence-electron chi connectivity index (χ4n) is 1.87. The van der Waals surface area contributed by atoms with Crippen LogP contribution in [-0.2, 0) is 12.7 Å². The Morgan fingerprint density at radius 3 is 2.50 bits per heavy atom. The Bertz CT molecular complexity index is 721. The van der Waals surface area contributed by atoms with E-state index in [1.807, 2.05) is 0 Å². The molecule has 1 N–H and O–H groups in total. The van der Waals surface area contributed by atoms with Gasteiger partial charge in [0.2, 0.25) is 0 Å². The van der Waals surface area contributed by atoms with Crippen molar-refractivity contribution in [2.24, 2.45) is 0 Å². The molecule has 2 aromatic rings. The molecule has 1 aromatic carbocycles. The van der Waals surface area contributed by atoms with Gasteiger partial charge in [-0.3, -0.25) is 4.79 Å². The Morgan fingerprint density at radius 1 is 1.29 bits per heavy atom. The zero-order valence-electron chi connectivity index (χ0n) is 12.8. The SMILES string of the molecule is COc1ccc(CNC(=O)c2cnc(SC)nc2C(F)(F)F)cc1. The summed E-state index contributed by atoms with van der Waals surface area (Å²) in [4.78, 5) is 19.2. The number of hydrogen-bond acceptors (Lipinski definition) is 5. The molecule has 0 unspecified atom stereocenters. The molecule has 5 nitrogen and oxygen atoms in total. The average Bonchev–Trinajstić information content (AvgIpc) is 2.58. The van der Waals surface area contributed by atoms with Crippen LogP contribution in [0.3, 0.4) is 0 Å². The van der Waals surface area contributed by atoms with Crippen molar-refractivity contribution >= 4 is 17.7 Å². The van der Waals surface area contributed by atoms with E-state index in [-0.39, 0.29) is 11.7 Å². The molecule has 0 saturated carbocycles. The van der Waals surface area contributed by atoms with Crippen molar-refractivity contribution in [1.82, 2.24) is 15.3 Å². The highest BCUT2D eigenvalue weighted by atomic mass is 32.2. The summed E-state index contributed by atoms with van der Waals surface area (Å²) in [6, 6.07) is 6.80. The van der Waals surface area contributed by atoms with Crippen LogP contribution in [0.4, 0.5) is 13.2 Å². The maximum Gasteiger partial charge on any atom is 0.434 e. The summed E-state index contributed by atoms with van der Waals surface area (Å²) in [5.41, 5.74) is -1.12. The normalized spacial score (nSPS) is 11.2. The van der Waals surface area contributed by atoms with Crippen LogP contribution in [0.2, 0.25) is 0 Å². The Balaban J connectivity index is 2.16. The van der Waals surface area contributed by atoms with Gasteiger partial charge in [0, 0.05) is 12.7 Å². The number of alkyl halides is 3. The molecule has 0 radical (unpaired) electrons. The monoisotopic (exact) mass is 357 g/mol. The molecular formula is C15H14F3N3O2S. The van der Waals surface area contributed by atoms with Gasteiger partial charge in [-0.1, -0.05) is 23.9 Å². The minimum Gasteiger partial charge on any atom is -0.497 e. The van der Waals surface area contributed by atoms with Crippen molar-refractivity contribution in [3.63, 3.8) is 0 Å². The van der Waals surface area contributed by atoms with E-state index >= 15 is 0 Å². The second kappa shape index (κ2) is 7.52. The van der Waals surface area contributed by atoms with Crippen LogP contribution >= 0.6 is 11.8 Å². The van der Waals surface area contributed by atoms with E-state index < -0.39 is 23.3 Å². The summed E-state index contributed by atoms with van der Waals surface area (Å²) in [7, 11) is 1.52.